The molecule has 3 unspecified atom stereocenters. The lowest BCUT2D eigenvalue weighted by Crippen LogP contribution is -2.30. The number of ether oxygens (including phenoxy) is 2. The Labute approximate surface area is 121 Å². The molecular weight excluding hydrogens is 284 g/mol. The molecule has 0 bridgehead atoms. The molecule has 0 saturated carbocycles. The Balaban J connectivity index is 2.24. The fraction of sp³-hybridized carbons (Fsp3) is 0.667. The van der Waals surface area contributed by atoms with Crippen molar-refractivity contribution in [2.24, 2.45) is 0 Å². The molecular formula is C12H18N2O3S2. The first-order chi connectivity index (χ1) is 9.17. The highest BCUT2D eigenvalue weighted by Gasteiger charge is 2.33. The van der Waals surface area contributed by atoms with Crippen LogP contribution in [0.5, 0.6) is 11.8 Å². The molecule has 0 radical (unpaired) electrons. The van der Waals surface area contributed by atoms with E-state index in [1.54, 1.807) is 11.8 Å². The monoisotopic (exact) mass is 302 g/mol. The molecule has 0 spiro atoms. The predicted molar refractivity (Wildman–Crippen MR) is 78.3 cm³/mol. The van der Waals surface area contributed by atoms with E-state index in [1.807, 2.05) is 11.8 Å². The molecule has 2 rings (SSSR count). The summed E-state index contributed by atoms with van der Waals surface area (Å²) in [6.07, 6.45) is 0.827. The minimum atomic E-state index is -0.679. The van der Waals surface area contributed by atoms with Gasteiger partial charge in [0.25, 0.3) is 0 Å². The third-order valence-corrected chi connectivity index (χ3v) is 6.16. The van der Waals surface area contributed by atoms with E-state index in [-0.39, 0.29) is 5.25 Å². The number of hydrogen-bond acceptors (Lipinski definition) is 7. The molecule has 19 heavy (non-hydrogen) atoms. The first-order valence-electron chi connectivity index (χ1n) is 6.03. The zero-order valence-electron chi connectivity index (χ0n) is 11.2. The van der Waals surface area contributed by atoms with Gasteiger partial charge in [-0.15, -0.1) is 0 Å². The lowest BCUT2D eigenvalue weighted by molar-refractivity contribution is 0.163. The molecule has 1 aromatic heterocycles. The van der Waals surface area contributed by atoms with Crippen LogP contribution in [0.1, 0.15) is 18.7 Å². The Kier molecular flexibility index (Phi) is 5.18. The number of aliphatic hydroxyl groups is 1. The number of hydrogen-bond donors (Lipinski definition) is 1. The molecule has 106 valence electrons. The van der Waals surface area contributed by atoms with Crippen LogP contribution in [0.2, 0.25) is 0 Å². The lowest BCUT2D eigenvalue weighted by Gasteiger charge is -2.31. The normalized spacial score (nSPS) is 24.8. The molecule has 1 fully saturated rings. The Bertz CT molecular complexity index is 433. The molecule has 5 nitrogen and oxygen atoms in total. The maximum Gasteiger partial charge on any atom is 0.241 e. The summed E-state index contributed by atoms with van der Waals surface area (Å²) in [7, 11) is 3.04. The standard InChI is InChI=1S/C12H18N2O3S2/c1-7-11(19-5-4-18-7)10(15)9-12(17-3)14-8(16-2)6-13-9/h6-7,10-11,15H,4-5H2,1-3H3. The van der Waals surface area contributed by atoms with Crippen molar-refractivity contribution in [1.29, 1.82) is 0 Å². The van der Waals surface area contributed by atoms with Crippen molar-refractivity contribution in [2.45, 2.75) is 23.5 Å². The Morgan fingerprint density at radius 1 is 1.32 bits per heavy atom. The fourth-order valence-electron chi connectivity index (χ4n) is 1.97. The quantitative estimate of drug-likeness (QED) is 0.909. The summed E-state index contributed by atoms with van der Waals surface area (Å²) < 4.78 is 10.2. The third kappa shape index (κ3) is 3.27. The molecule has 7 heteroatoms. The fourth-order valence-corrected chi connectivity index (χ4v) is 4.78. The Morgan fingerprint density at radius 3 is 2.68 bits per heavy atom. The van der Waals surface area contributed by atoms with Crippen LogP contribution in [0.4, 0.5) is 0 Å². The lowest BCUT2D eigenvalue weighted by atomic mass is 10.1. The van der Waals surface area contributed by atoms with Crippen LogP contribution >= 0.6 is 23.5 Å². The summed E-state index contributed by atoms with van der Waals surface area (Å²) in [5.74, 6) is 2.88. The van der Waals surface area contributed by atoms with Crippen LogP contribution in [0.25, 0.3) is 0 Å². The Hall–Kier alpha value is -0.660. The highest BCUT2D eigenvalue weighted by Crippen LogP contribution is 2.39. The second kappa shape index (κ2) is 6.67. The van der Waals surface area contributed by atoms with Gasteiger partial charge >= 0.3 is 0 Å². The summed E-state index contributed by atoms with van der Waals surface area (Å²) in [5, 5.41) is 11.0. The van der Waals surface area contributed by atoms with Gasteiger partial charge in [-0.1, -0.05) is 6.92 Å². The van der Waals surface area contributed by atoms with E-state index in [0.29, 0.717) is 22.7 Å². The molecule has 1 aliphatic heterocycles. The van der Waals surface area contributed by atoms with Crippen molar-refractivity contribution in [3.05, 3.63) is 11.9 Å². The van der Waals surface area contributed by atoms with Gasteiger partial charge in [-0.3, -0.25) is 0 Å². The van der Waals surface area contributed by atoms with Crippen molar-refractivity contribution in [3.8, 4) is 11.8 Å². The van der Waals surface area contributed by atoms with E-state index >= 15 is 0 Å². The molecule has 1 N–H and O–H groups in total. The van der Waals surface area contributed by atoms with E-state index < -0.39 is 6.10 Å². The number of methoxy groups -OCH3 is 2. The average molecular weight is 302 g/mol. The number of rotatable bonds is 4. The molecule has 1 aliphatic rings. The maximum atomic E-state index is 10.5. The van der Waals surface area contributed by atoms with Crippen LogP contribution in [-0.4, -0.2) is 51.3 Å². The zero-order valence-corrected chi connectivity index (χ0v) is 12.8. The van der Waals surface area contributed by atoms with Gasteiger partial charge in [0.15, 0.2) is 0 Å². The Morgan fingerprint density at radius 2 is 2.05 bits per heavy atom. The first-order valence-corrected chi connectivity index (χ1v) is 8.13. The van der Waals surface area contributed by atoms with Crippen molar-refractivity contribution in [1.82, 2.24) is 9.97 Å². The molecule has 2 heterocycles. The van der Waals surface area contributed by atoms with Crippen molar-refractivity contribution in [2.75, 3.05) is 25.7 Å². The highest BCUT2D eigenvalue weighted by atomic mass is 32.2. The number of nitrogens with zero attached hydrogens (tertiary/aromatic N) is 2. The first kappa shape index (κ1) is 14.7. The molecule has 0 aliphatic carbocycles. The largest absolute Gasteiger partial charge is 0.480 e. The van der Waals surface area contributed by atoms with Gasteiger partial charge < -0.3 is 14.6 Å². The summed E-state index contributed by atoms with van der Waals surface area (Å²) >= 11 is 3.65. The molecule has 0 amide bonds. The van der Waals surface area contributed by atoms with Crippen molar-refractivity contribution >= 4 is 23.5 Å². The van der Waals surface area contributed by atoms with E-state index in [1.165, 1.54) is 20.4 Å². The smallest absolute Gasteiger partial charge is 0.241 e. The van der Waals surface area contributed by atoms with Gasteiger partial charge in [0.2, 0.25) is 11.8 Å². The topological polar surface area (TPSA) is 64.5 Å². The van der Waals surface area contributed by atoms with E-state index in [4.69, 9.17) is 9.47 Å². The second-order valence-corrected chi connectivity index (χ2v) is 6.93. The second-order valence-electron chi connectivity index (χ2n) is 4.16. The van der Waals surface area contributed by atoms with Gasteiger partial charge in [-0.05, 0) is 0 Å². The average Bonchev–Trinajstić information content (AvgIpc) is 2.46. The summed E-state index contributed by atoms with van der Waals surface area (Å²) in [6, 6.07) is 0. The minimum absolute atomic E-state index is 0.107. The predicted octanol–water partition coefficient (Wildman–Crippen LogP) is 1.76. The molecule has 0 aromatic carbocycles. The van der Waals surface area contributed by atoms with Crippen LogP contribution in [0, 0.1) is 0 Å². The highest BCUT2D eigenvalue weighted by molar-refractivity contribution is 8.07. The SMILES string of the molecule is COc1cnc(C(O)C2SCCSC2C)c(OC)n1. The number of thioether (sulfide) groups is 2. The van der Waals surface area contributed by atoms with Crippen LogP contribution in [0.3, 0.4) is 0 Å². The zero-order chi connectivity index (χ0) is 13.8. The summed E-state index contributed by atoms with van der Waals surface area (Å²) in [5.41, 5.74) is 0.482. The molecule has 1 saturated heterocycles. The number of aliphatic hydroxyl groups excluding tert-OH is 1. The minimum Gasteiger partial charge on any atom is -0.480 e. The summed E-state index contributed by atoms with van der Waals surface area (Å²) in [6.45, 7) is 2.13. The summed E-state index contributed by atoms with van der Waals surface area (Å²) in [4.78, 5) is 8.41. The van der Waals surface area contributed by atoms with Crippen molar-refractivity contribution < 1.29 is 14.6 Å². The van der Waals surface area contributed by atoms with Crippen molar-refractivity contribution in [3.63, 3.8) is 0 Å². The van der Waals surface area contributed by atoms with Gasteiger partial charge in [0.1, 0.15) is 11.8 Å². The van der Waals surface area contributed by atoms with E-state index in [2.05, 4.69) is 16.9 Å². The van der Waals surface area contributed by atoms with E-state index in [0.717, 1.165) is 11.5 Å². The van der Waals surface area contributed by atoms with Crippen LogP contribution in [-0.2, 0) is 0 Å². The molecule has 3 atom stereocenters. The molecule has 1 aromatic rings. The maximum absolute atomic E-state index is 10.5. The van der Waals surface area contributed by atoms with E-state index in [9.17, 15) is 5.11 Å². The van der Waals surface area contributed by atoms with Gasteiger partial charge in [0, 0.05) is 22.0 Å². The third-order valence-electron chi connectivity index (χ3n) is 2.98. The van der Waals surface area contributed by atoms with Gasteiger partial charge in [-0.2, -0.15) is 28.5 Å². The van der Waals surface area contributed by atoms with Gasteiger partial charge in [-0.25, -0.2) is 4.98 Å². The number of aromatic nitrogens is 2. The van der Waals surface area contributed by atoms with Crippen LogP contribution in [0.15, 0.2) is 6.20 Å². The van der Waals surface area contributed by atoms with Gasteiger partial charge in [0.05, 0.1) is 20.4 Å². The van der Waals surface area contributed by atoms with Crippen LogP contribution < -0.4 is 9.47 Å².